The lowest BCUT2D eigenvalue weighted by Crippen LogP contribution is -2.43. The molecule has 0 unspecified atom stereocenters. The highest BCUT2D eigenvalue weighted by Crippen LogP contribution is 2.45. The summed E-state index contributed by atoms with van der Waals surface area (Å²) in [5, 5.41) is 12.9. The van der Waals surface area contributed by atoms with Gasteiger partial charge in [-0.2, -0.15) is 0 Å². The molecule has 7 rings (SSSR count). The van der Waals surface area contributed by atoms with Crippen molar-refractivity contribution in [1.82, 2.24) is 14.5 Å². The second-order valence-corrected chi connectivity index (χ2v) is 9.98. The fourth-order valence-corrected chi connectivity index (χ4v) is 5.47. The first-order valence-electron chi connectivity index (χ1n) is 12.7. The number of nitrogens with one attached hydrogen (secondary N) is 1. The Morgan fingerprint density at radius 3 is 2.37 bits per heavy atom. The number of rotatable bonds is 4. The molecular weight excluding hydrogens is 474 g/mol. The summed E-state index contributed by atoms with van der Waals surface area (Å²) < 4.78 is 2.15. The highest BCUT2D eigenvalue weighted by molar-refractivity contribution is 5.92. The van der Waals surface area contributed by atoms with Gasteiger partial charge in [-0.25, -0.2) is 14.8 Å². The molecule has 0 spiro atoms. The van der Waals surface area contributed by atoms with Gasteiger partial charge >= 0.3 is 5.97 Å². The Morgan fingerprint density at radius 2 is 1.66 bits per heavy atom. The number of hydrogen-bond acceptors (Lipinski definition) is 5. The number of hydrogen-bond donors (Lipinski definition) is 3. The third-order valence-corrected chi connectivity index (χ3v) is 7.71. The minimum Gasteiger partial charge on any atom is -0.478 e. The first-order chi connectivity index (χ1) is 18.5. The standard InChI is InChI=1S/C31H25N5O2/c32-31(16-4-17-31)22-14-12-20(13-15-22)27-26(19-8-10-21(11-9-19)30(37)38)35-29-23-5-1-2-6-24(23)34-28-25(36(27)29)7-3-18-33-28/h1-3,5-15,18H,4,16-17,32H2,(H,33,34)(H,37,38). The van der Waals surface area contributed by atoms with Gasteiger partial charge in [0.05, 0.1) is 28.3 Å². The maximum absolute atomic E-state index is 11.5. The Kier molecular flexibility index (Phi) is 4.96. The topological polar surface area (TPSA) is 106 Å². The molecule has 1 fully saturated rings. The van der Waals surface area contributed by atoms with Crippen LogP contribution in [-0.4, -0.2) is 25.6 Å². The quantitative estimate of drug-likeness (QED) is 0.261. The number of carboxylic acids is 1. The molecule has 1 aliphatic heterocycles. The van der Waals surface area contributed by atoms with E-state index in [1.165, 1.54) is 0 Å². The SMILES string of the molecule is NC1(c2ccc(-c3c(-c4ccc(C(=O)O)cc4)nc4n3-c3cccnc3Nc3ccccc3-4)cc2)CCC1. The van der Waals surface area contributed by atoms with Gasteiger partial charge in [-0.15, -0.1) is 0 Å². The maximum Gasteiger partial charge on any atom is 0.335 e. The zero-order chi connectivity index (χ0) is 25.9. The van der Waals surface area contributed by atoms with Crippen LogP contribution in [0.2, 0.25) is 0 Å². The molecule has 1 aliphatic carbocycles. The van der Waals surface area contributed by atoms with Crippen LogP contribution in [0, 0.1) is 0 Å². The fourth-order valence-electron chi connectivity index (χ4n) is 5.47. The number of aromatic nitrogens is 3. The molecule has 0 bridgehead atoms. The average molecular weight is 500 g/mol. The van der Waals surface area contributed by atoms with E-state index in [1.54, 1.807) is 18.3 Å². The molecule has 2 aromatic heterocycles. The molecule has 7 nitrogen and oxygen atoms in total. The number of nitrogens with two attached hydrogens (primary N) is 1. The summed E-state index contributed by atoms with van der Waals surface area (Å²) in [6.45, 7) is 0. The van der Waals surface area contributed by atoms with Gasteiger partial charge in [0.15, 0.2) is 5.82 Å². The molecular formula is C31H25N5O2. The van der Waals surface area contributed by atoms with E-state index in [4.69, 9.17) is 10.7 Å². The number of imidazole rings is 1. The Labute approximate surface area is 219 Å². The van der Waals surface area contributed by atoms with E-state index < -0.39 is 5.97 Å². The summed E-state index contributed by atoms with van der Waals surface area (Å²) in [4.78, 5) is 21.3. The van der Waals surface area contributed by atoms with Crippen LogP contribution in [0.5, 0.6) is 0 Å². The normalized spacial score (nSPS) is 14.8. The average Bonchev–Trinajstić information content (AvgIpc) is 3.26. The van der Waals surface area contributed by atoms with Crippen LogP contribution in [0.25, 0.3) is 39.6 Å². The smallest absolute Gasteiger partial charge is 0.335 e. The molecule has 0 radical (unpaired) electrons. The minimum atomic E-state index is -0.959. The van der Waals surface area contributed by atoms with Crippen molar-refractivity contribution >= 4 is 17.5 Å². The molecule has 5 aromatic rings. The van der Waals surface area contributed by atoms with Crippen LogP contribution >= 0.6 is 0 Å². The lowest BCUT2D eigenvalue weighted by atomic mass is 9.72. The Balaban J connectivity index is 1.51. The molecule has 4 N–H and O–H groups in total. The van der Waals surface area contributed by atoms with Crippen molar-refractivity contribution in [1.29, 1.82) is 0 Å². The predicted molar refractivity (Wildman–Crippen MR) is 148 cm³/mol. The monoisotopic (exact) mass is 499 g/mol. The van der Waals surface area contributed by atoms with Gasteiger partial charge in [-0.1, -0.05) is 48.5 Å². The van der Waals surface area contributed by atoms with E-state index in [0.717, 1.165) is 75.9 Å². The van der Waals surface area contributed by atoms with Crippen molar-refractivity contribution in [3.05, 3.63) is 102 Å². The van der Waals surface area contributed by atoms with Crippen molar-refractivity contribution in [2.45, 2.75) is 24.8 Å². The number of aromatic carboxylic acids is 1. The van der Waals surface area contributed by atoms with Crippen LogP contribution in [0.1, 0.15) is 35.2 Å². The molecule has 2 aliphatic rings. The highest BCUT2D eigenvalue weighted by Gasteiger charge is 2.34. The van der Waals surface area contributed by atoms with Crippen LogP contribution in [0.15, 0.2) is 91.1 Å². The summed E-state index contributed by atoms with van der Waals surface area (Å²) in [7, 11) is 0. The Bertz CT molecular complexity index is 1700. The third kappa shape index (κ3) is 3.43. The zero-order valence-corrected chi connectivity index (χ0v) is 20.6. The van der Waals surface area contributed by atoms with Crippen molar-refractivity contribution in [2.75, 3.05) is 5.32 Å². The van der Waals surface area contributed by atoms with Crippen LogP contribution in [0.3, 0.4) is 0 Å². The maximum atomic E-state index is 11.5. The van der Waals surface area contributed by atoms with E-state index in [9.17, 15) is 9.90 Å². The molecule has 0 saturated heterocycles. The fraction of sp³-hybridized carbons (Fsp3) is 0.129. The lowest BCUT2D eigenvalue weighted by molar-refractivity contribution is 0.0697. The molecule has 38 heavy (non-hydrogen) atoms. The number of para-hydroxylation sites is 1. The predicted octanol–water partition coefficient (Wildman–Crippen LogP) is 6.36. The molecule has 0 atom stereocenters. The number of carboxylic acid groups (broad SMARTS) is 1. The van der Waals surface area contributed by atoms with Gasteiger partial charge in [0, 0.05) is 28.4 Å². The molecule has 7 heteroatoms. The summed E-state index contributed by atoms with van der Waals surface area (Å²) in [5.74, 6) is 0.558. The molecule has 3 aromatic carbocycles. The third-order valence-electron chi connectivity index (χ3n) is 7.71. The lowest BCUT2D eigenvalue weighted by Gasteiger charge is -2.38. The summed E-state index contributed by atoms with van der Waals surface area (Å²) >= 11 is 0. The zero-order valence-electron chi connectivity index (χ0n) is 20.6. The number of fused-ring (bicyclic) bond motifs is 5. The molecule has 1 saturated carbocycles. The van der Waals surface area contributed by atoms with Gasteiger partial charge in [0.2, 0.25) is 0 Å². The van der Waals surface area contributed by atoms with E-state index in [1.807, 2.05) is 48.5 Å². The first-order valence-corrected chi connectivity index (χ1v) is 12.7. The van der Waals surface area contributed by atoms with Gasteiger partial charge in [-0.05, 0) is 61.2 Å². The minimum absolute atomic E-state index is 0.234. The number of carbonyl (C=O) groups is 1. The van der Waals surface area contributed by atoms with Crippen molar-refractivity contribution in [3.8, 4) is 39.6 Å². The molecule has 3 heterocycles. The molecule has 186 valence electrons. The van der Waals surface area contributed by atoms with E-state index in [0.29, 0.717) is 0 Å². The second kappa shape index (κ2) is 8.39. The van der Waals surface area contributed by atoms with Gasteiger partial charge in [0.1, 0.15) is 5.82 Å². The van der Waals surface area contributed by atoms with E-state index in [-0.39, 0.29) is 11.1 Å². The second-order valence-electron chi connectivity index (χ2n) is 9.98. The van der Waals surface area contributed by atoms with E-state index >= 15 is 0 Å². The summed E-state index contributed by atoms with van der Waals surface area (Å²) in [6.07, 6.45) is 4.92. The van der Waals surface area contributed by atoms with Crippen molar-refractivity contribution in [2.24, 2.45) is 5.73 Å². The number of pyridine rings is 1. The number of anilines is 2. The van der Waals surface area contributed by atoms with Crippen LogP contribution in [0.4, 0.5) is 11.5 Å². The van der Waals surface area contributed by atoms with E-state index in [2.05, 4.69) is 39.1 Å². The van der Waals surface area contributed by atoms with Crippen molar-refractivity contribution < 1.29 is 9.90 Å². The highest BCUT2D eigenvalue weighted by atomic mass is 16.4. The van der Waals surface area contributed by atoms with Crippen molar-refractivity contribution in [3.63, 3.8) is 0 Å². The Morgan fingerprint density at radius 1 is 0.921 bits per heavy atom. The molecule has 0 amide bonds. The largest absolute Gasteiger partial charge is 0.478 e. The first kappa shape index (κ1) is 22.4. The van der Waals surface area contributed by atoms with Gasteiger partial charge in [0.25, 0.3) is 0 Å². The van der Waals surface area contributed by atoms with Crippen LogP contribution in [-0.2, 0) is 5.54 Å². The number of nitrogens with zero attached hydrogens (tertiary/aromatic N) is 3. The summed E-state index contributed by atoms with van der Waals surface area (Å²) in [6, 6.07) is 27.4. The van der Waals surface area contributed by atoms with Gasteiger partial charge < -0.3 is 16.2 Å². The summed E-state index contributed by atoms with van der Waals surface area (Å²) in [5.41, 5.74) is 14.0. The van der Waals surface area contributed by atoms with Gasteiger partial charge in [-0.3, -0.25) is 4.57 Å². The number of benzene rings is 3. The van der Waals surface area contributed by atoms with Crippen LogP contribution < -0.4 is 11.1 Å². The Hall–Kier alpha value is -4.75.